The van der Waals surface area contributed by atoms with Crippen LogP contribution < -0.4 is 15.8 Å². The smallest absolute Gasteiger partial charge is 0.242 e. The fourth-order valence-corrected chi connectivity index (χ4v) is 3.41. The van der Waals surface area contributed by atoms with Gasteiger partial charge in [-0.05, 0) is 36.7 Å². The lowest BCUT2D eigenvalue weighted by atomic mass is 10.2. The van der Waals surface area contributed by atoms with Crippen LogP contribution in [0, 0.1) is 0 Å². The van der Waals surface area contributed by atoms with Gasteiger partial charge in [0.15, 0.2) is 5.65 Å². The molecular weight excluding hydrogens is 436 g/mol. The molecule has 0 aliphatic heterocycles. The van der Waals surface area contributed by atoms with Gasteiger partial charge in [-0.3, -0.25) is 10.1 Å². The molecule has 0 radical (unpaired) electrons. The van der Waals surface area contributed by atoms with Gasteiger partial charge in [0.1, 0.15) is 10.5 Å². The van der Waals surface area contributed by atoms with E-state index in [1.165, 1.54) is 24.3 Å². The molecule has 0 unspecified atom stereocenters. The third kappa shape index (κ3) is 4.27. The molecule has 0 saturated heterocycles. The molecule has 0 aliphatic carbocycles. The highest BCUT2D eigenvalue weighted by molar-refractivity contribution is 9.10. The summed E-state index contributed by atoms with van der Waals surface area (Å²) in [6, 6.07) is 0. The average Bonchev–Trinajstić information content (AvgIpc) is 3.06. The summed E-state index contributed by atoms with van der Waals surface area (Å²) in [6.07, 6.45) is 3.02. The third-order valence-electron chi connectivity index (χ3n) is 3.39. The van der Waals surface area contributed by atoms with Crippen LogP contribution in [0.5, 0.6) is 5.88 Å². The Hall–Kier alpha value is -2.47. The minimum Gasteiger partial charge on any atom is -0.477 e. The number of aromatic nitrogens is 6. The van der Waals surface area contributed by atoms with Crippen LogP contribution in [0.3, 0.4) is 0 Å². The second-order valence-electron chi connectivity index (χ2n) is 5.83. The number of carbonyl (C=O) groups is 1. The van der Waals surface area contributed by atoms with E-state index >= 15 is 0 Å². The summed E-state index contributed by atoms with van der Waals surface area (Å²) in [5, 5.41) is 3.23. The molecule has 0 atom stereocenters. The Balaban J connectivity index is 1.81. The summed E-state index contributed by atoms with van der Waals surface area (Å²) < 4.78 is 5.10. The zero-order valence-corrected chi connectivity index (χ0v) is 17.2. The molecule has 4 N–H and O–H groups in total. The monoisotopic (exact) mass is 452 g/mol. The van der Waals surface area contributed by atoms with E-state index in [-0.39, 0.29) is 17.8 Å². The summed E-state index contributed by atoms with van der Waals surface area (Å²) in [4.78, 5) is 36.4. The largest absolute Gasteiger partial charge is 0.477 e. The number of fused-ring (bicyclic) bond motifs is 1. The Kier molecular flexibility index (Phi) is 5.46. The SMILES string of the molecule is CCOc1nc(NC(=O)C(C)(C)Sc2nc(N)nc3nc[nH]c23)ncc1Br. The van der Waals surface area contributed by atoms with Gasteiger partial charge in [0.25, 0.3) is 0 Å². The fraction of sp³-hybridized carbons (Fsp3) is 0.333. The van der Waals surface area contributed by atoms with Crippen molar-refractivity contribution in [1.82, 2.24) is 29.9 Å². The van der Waals surface area contributed by atoms with Crippen molar-refractivity contribution in [1.29, 1.82) is 0 Å². The Bertz CT molecular complexity index is 993. The topological polar surface area (TPSA) is 145 Å². The van der Waals surface area contributed by atoms with E-state index < -0.39 is 4.75 Å². The van der Waals surface area contributed by atoms with Crippen molar-refractivity contribution in [3.63, 3.8) is 0 Å². The normalized spacial score (nSPS) is 11.6. The highest BCUT2D eigenvalue weighted by Crippen LogP contribution is 2.35. The minimum absolute atomic E-state index is 0.0888. The summed E-state index contributed by atoms with van der Waals surface area (Å²) in [7, 11) is 0. The molecule has 0 aromatic carbocycles. The van der Waals surface area contributed by atoms with Crippen LogP contribution >= 0.6 is 27.7 Å². The zero-order valence-electron chi connectivity index (χ0n) is 14.8. The van der Waals surface area contributed by atoms with E-state index in [0.29, 0.717) is 33.1 Å². The molecule has 0 saturated carbocycles. The van der Waals surface area contributed by atoms with E-state index in [4.69, 9.17) is 10.5 Å². The standard InChI is InChI=1S/C15H17BrN8O2S/c1-4-26-10-7(16)5-18-14(22-10)24-12(25)15(2,3)27-11-8-9(20-6-19-8)21-13(17)23-11/h5-6H,4H2,1-3H3,(H,18,22,24,25)(H3,17,19,20,21,23). The average molecular weight is 453 g/mol. The van der Waals surface area contributed by atoms with Crippen molar-refractivity contribution in [3.8, 4) is 5.88 Å². The van der Waals surface area contributed by atoms with Crippen molar-refractivity contribution in [2.75, 3.05) is 17.7 Å². The predicted octanol–water partition coefficient (Wildman–Crippen LogP) is 2.40. The zero-order chi connectivity index (χ0) is 19.6. The molecule has 3 rings (SSSR count). The first-order valence-electron chi connectivity index (χ1n) is 7.92. The molecule has 1 amide bonds. The number of nitrogen functional groups attached to an aromatic ring is 1. The number of halogens is 1. The second-order valence-corrected chi connectivity index (χ2v) is 8.30. The Morgan fingerprint density at radius 1 is 1.37 bits per heavy atom. The van der Waals surface area contributed by atoms with Crippen LogP contribution in [0.15, 0.2) is 22.0 Å². The molecule has 12 heteroatoms. The maximum Gasteiger partial charge on any atom is 0.242 e. The lowest BCUT2D eigenvalue weighted by Gasteiger charge is -2.22. The Morgan fingerprint density at radius 2 is 2.15 bits per heavy atom. The lowest BCUT2D eigenvalue weighted by molar-refractivity contribution is -0.117. The van der Waals surface area contributed by atoms with Gasteiger partial charge in [0.2, 0.25) is 23.7 Å². The van der Waals surface area contributed by atoms with E-state index in [2.05, 4.69) is 51.2 Å². The predicted molar refractivity (Wildman–Crippen MR) is 106 cm³/mol. The van der Waals surface area contributed by atoms with Gasteiger partial charge in [0, 0.05) is 0 Å². The van der Waals surface area contributed by atoms with Crippen LogP contribution in [-0.2, 0) is 4.79 Å². The number of nitrogens with one attached hydrogen (secondary N) is 2. The van der Waals surface area contributed by atoms with Crippen molar-refractivity contribution in [2.45, 2.75) is 30.5 Å². The van der Waals surface area contributed by atoms with Crippen LogP contribution in [-0.4, -0.2) is 47.2 Å². The van der Waals surface area contributed by atoms with Gasteiger partial charge >= 0.3 is 0 Å². The first kappa shape index (κ1) is 19.3. The molecule has 10 nitrogen and oxygen atoms in total. The number of anilines is 2. The molecule has 27 heavy (non-hydrogen) atoms. The number of thioether (sulfide) groups is 1. The van der Waals surface area contributed by atoms with Crippen LogP contribution in [0.4, 0.5) is 11.9 Å². The van der Waals surface area contributed by atoms with Crippen LogP contribution in [0.25, 0.3) is 11.2 Å². The molecule has 3 aromatic heterocycles. The number of aromatic amines is 1. The highest BCUT2D eigenvalue weighted by Gasteiger charge is 2.32. The number of hydrogen-bond acceptors (Lipinski definition) is 9. The molecule has 0 fully saturated rings. The van der Waals surface area contributed by atoms with Crippen molar-refractivity contribution < 1.29 is 9.53 Å². The van der Waals surface area contributed by atoms with E-state index in [9.17, 15) is 4.79 Å². The molecular formula is C15H17BrN8O2S. The van der Waals surface area contributed by atoms with E-state index in [1.54, 1.807) is 13.8 Å². The van der Waals surface area contributed by atoms with Gasteiger partial charge in [-0.15, -0.1) is 0 Å². The van der Waals surface area contributed by atoms with Crippen LogP contribution in [0.1, 0.15) is 20.8 Å². The molecule has 0 spiro atoms. The van der Waals surface area contributed by atoms with Crippen molar-refractivity contribution >= 4 is 56.7 Å². The van der Waals surface area contributed by atoms with Gasteiger partial charge in [0.05, 0.1) is 28.4 Å². The number of carbonyl (C=O) groups excluding carboxylic acids is 1. The molecule has 3 aromatic rings. The number of nitrogens with two attached hydrogens (primary N) is 1. The lowest BCUT2D eigenvalue weighted by Crippen LogP contribution is -2.34. The Morgan fingerprint density at radius 3 is 2.89 bits per heavy atom. The Labute approximate surface area is 167 Å². The van der Waals surface area contributed by atoms with Gasteiger partial charge in [-0.2, -0.15) is 9.97 Å². The number of amides is 1. The van der Waals surface area contributed by atoms with E-state index in [0.717, 1.165) is 0 Å². The number of nitrogens with zero attached hydrogens (tertiary/aromatic N) is 5. The summed E-state index contributed by atoms with van der Waals surface area (Å²) >= 11 is 4.53. The molecule has 0 bridgehead atoms. The van der Waals surface area contributed by atoms with Crippen LogP contribution in [0.2, 0.25) is 0 Å². The van der Waals surface area contributed by atoms with E-state index in [1.807, 2.05) is 6.92 Å². The van der Waals surface area contributed by atoms with Gasteiger partial charge in [-0.1, -0.05) is 11.8 Å². The van der Waals surface area contributed by atoms with Gasteiger partial charge < -0.3 is 15.5 Å². The fourth-order valence-electron chi connectivity index (χ4n) is 2.09. The third-order valence-corrected chi connectivity index (χ3v) is 5.12. The maximum atomic E-state index is 12.8. The number of H-pyrrole nitrogens is 1. The van der Waals surface area contributed by atoms with Crippen molar-refractivity contribution in [2.24, 2.45) is 0 Å². The number of rotatable bonds is 6. The first-order valence-corrected chi connectivity index (χ1v) is 9.53. The van der Waals surface area contributed by atoms with Gasteiger partial charge in [-0.25, -0.2) is 15.0 Å². The molecule has 3 heterocycles. The van der Waals surface area contributed by atoms with Crippen molar-refractivity contribution in [3.05, 3.63) is 17.0 Å². The first-order chi connectivity index (χ1) is 12.8. The summed E-state index contributed by atoms with van der Waals surface area (Å²) in [6.45, 7) is 5.81. The number of ether oxygens (including phenoxy) is 1. The molecule has 142 valence electrons. The second kappa shape index (κ2) is 7.64. The molecule has 0 aliphatic rings. The maximum absolute atomic E-state index is 12.8. The minimum atomic E-state index is -0.902. The summed E-state index contributed by atoms with van der Waals surface area (Å²) in [5.41, 5.74) is 6.80. The quantitative estimate of drug-likeness (QED) is 0.378. The number of hydrogen-bond donors (Lipinski definition) is 3. The highest BCUT2D eigenvalue weighted by atomic mass is 79.9. The number of imidazole rings is 1. The summed E-state index contributed by atoms with van der Waals surface area (Å²) in [5.74, 6) is 0.290.